The molecule has 0 unspecified atom stereocenters. The summed E-state index contributed by atoms with van der Waals surface area (Å²) in [5.74, 6) is -1.60. The van der Waals surface area contributed by atoms with Crippen LogP contribution in [-0.2, 0) is 14.3 Å². The minimum Gasteiger partial charge on any atom is -0.455 e. The van der Waals surface area contributed by atoms with E-state index in [0.717, 1.165) is 16.7 Å². The predicted octanol–water partition coefficient (Wildman–Crippen LogP) is 3.89. The number of rotatable bonds is 7. The Labute approximate surface area is 157 Å². The molecule has 27 heavy (non-hydrogen) atoms. The molecule has 2 aromatic carbocycles. The second kappa shape index (κ2) is 8.93. The topological polar surface area (TPSA) is 98.5 Å². The number of hydrogen-bond acceptors (Lipinski definition) is 5. The van der Waals surface area contributed by atoms with Crippen LogP contribution in [0.2, 0.25) is 0 Å². The van der Waals surface area contributed by atoms with Crippen molar-refractivity contribution in [1.29, 1.82) is 0 Å². The fraction of sp³-hybridized carbons (Fsp3) is 0.300. The standard InChI is InChI=1S/C20H22N2O5/c1-4-16(15-8-6-5-7-9-15)20(24)27-12-19(23)21-17-10-13(2)14(3)11-18(17)22(25)26/h5-11,16H,4,12H2,1-3H3,(H,21,23)/t16-/m1/s1. The van der Waals surface area contributed by atoms with Gasteiger partial charge in [-0.2, -0.15) is 0 Å². The van der Waals surface area contributed by atoms with Crippen LogP contribution in [0.5, 0.6) is 0 Å². The maximum atomic E-state index is 12.3. The summed E-state index contributed by atoms with van der Waals surface area (Å²) < 4.78 is 5.12. The van der Waals surface area contributed by atoms with E-state index < -0.39 is 29.3 Å². The molecule has 1 N–H and O–H groups in total. The van der Waals surface area contributed by atoms with Crippen LogP contribution in [-0.4, -0.2) is 23.4 Å². The number of carbonyl (C=O) groups excluding carboxylic acids is 2. The molecular formula is C20H22N2O5. The second-order valence-corrected chi connectivity index (χ2v) is 6.24. The van der Waals surface area contributed by atoms with Gasteiger partial charge in [0.25, 0.3) is 11.6 Å². The van der Waals surface area contributed by atoms with Crippen LogP contribution in [0.25, 0.3) is 0 Å². The number of ether oxygens (including phenoxy) is 1. The lowest BCUT2D eigenvalue weighted by Gasteiger charge is -2.14. The van der Waals surface area contributed by atoms with E-state index in [1.54, 1.807) is 13.8 Å². The van der Waals surface area contributed by atoms with Crippen molar-refractivity contribution in [2.24, 2.45) is 0 Å². The van der Waals surface area contributed by atoms with E-state index in [0.29, 0.717) is 6.42 Å². The van der Waals surface area contributed by atoms with Crippen LogP contribution in [0.3, 0.4) is 0 Å². The van der Waals surface area contributed by atoms with Crippen molar-refractivity contribution in [3.8, 4) is 0 Å². The molecule has 0 aliphatic carbocycles. The summed E-state index contributed by atoms with van der Waals surface area (Å²) >= 11 is 0. The first-order valence-electron chi connectivity index (χ1n) is 8.60. The van der Waals surface area contributed by atoms with Crippen molar-refractivity contribution in [2.75, 3.05) is 11.9 Å². The van der Waals surface area contributed by atoms with Gasteiger partial charge in [-0.05, 0) is 43.0 Å². The largest absolute Gasteiger partial charge is 0.455 e. The summed E-state index contributed by atoms with van der Waals surface area (Å²) in [6, 6.07) is 12.1. The first-order valence-corrected chi connectivity index (χ1v) is 8.60. The number of benzene rings is 2. The van der Waals surface area contributed by atoms with E-state index in [2.05, 4.69) is 5.32 Å². The maximum absolute atomic E-state index is 12.3. The van der Waals surface area contributed by atoms with Gasteiger partial charge in [-0.15, -0.1) is 0 Å². The molecule has 2 rings (SSSR count). The number of nitro benzene ring substituents is 1. The number of carbonyl (C=O) groups is 2. The highest BCUT2D eigenvalue weighted by Gasteiger charge is 2.22. The Morgan fingerprint density at radius 3 is 2.37 bits per heavy atom. The van der Waals surface area contributed by atoms with Gasteiger partial charge in [-0.1, -0.05) is 37.3 Å². The molecule has 0 radical (unpaired) electrons. The van der Waals surface area contributed by atoms with Gasteiger partial charge in [0.05, 0.1) is 10.8 Å². The van der Waals surface area contributed by atoms with E-state index in [1.165, 1.54) is 12.1 Å². The Bertz CT molecular complexity index is 849. The molecule has 0 aromatic heterocycles. The Morgan fingerprint density at radius 2 is 1.78 bits per heavy atom. The van der Waals surface area contributed by atoms with Crippen molar-refractivity contribution >= 4 is 23.3 Å². The Hall–Kier alpha value is -3.22. The van der Waals surface area contributed by atoms with Crippen molar-refractivity contribution in [3.63, 3.8) is 0 Å². The van der Waals surface area contributed by atoms with Crippen LogP contribution >= 0.6 is 0 Å². The van der Waals surface area contributed by atoms with E-state index in [9.17, 15) is 19.7 Å². The van der Waals surface area contributed by atoms with Crippen LogP contribution in [0.4, 0.5) is 11.4 Å². The van der Waals surface area contributed by atoms with Gasteiger partial charge < -0.3 is 10.1 Å². The predicted molar refractivity (Wildman–Crippen MR) is 102 cm³/mol. The Morgan fingerprint density at radius 1 is 1.15 bits per heavy atom. The molecule has 0 spiro atoms. The van der Waals surface area contributed by atoms with E-state index in [4.69, 9.17) is 4.74 Å². The molecular weight excluding hydrogens is 348 g/mol. The normalized spacial score (nSPS) is 11.5. The average Bonchev–Trinajstić information content (AvgIpc) is 2.64. The zero-order chi connectivity index (χ0) is 20.0. The van der Waals surface area contributed by atoms with E-state index >= 15 is 0 Å². The quantitative estimate of drug-likeness (QED) is 0.453. The number of nitrogens with one attached hydrogen (secondary N) is 1. The number of hydrogen-bond donors (Lipinski definition) is 1. The number of aryl methyl sites for hydroxylation is 2. The second-order valence-electron chi connectivity index (χ2n) is 6.24. The zero-order valence-corrected chi connectivity index (χ0v) is 15.5. The third-order valence-electron chi connectivity index (χ3n) is 4.32. The summed E-state index contributed by atoms with van der Waals surface area (Å²) in [7, 11) is 0. The van der Waals surface area contributed by atoms with Crippen molar-refractivity contribution in [1.82, 2.24) is 0 Å². The Kier molecular flexibility index (Phi) is 6.65. The van der Waals surface area contributed by atoms with Gasteiger partial charge in [-0.3, -0.25) is 19.7 Å². The molecule has 7 nitrogen and oxygen atoms in total. The molecule has 0 fully saturated rings. The average molecular weight is 370 g/mol. The SMILES string of the molecule is CC[C@@H](C(=O)OCC(=O)Nc1cc(C)c(C)cc1[N+](=O)[O-])c1ccccc1. The molecule has 0 bridgehead atoms. The summed E-state index contributed by atoms with van der Waals surface area (Å²) in [5, 5.41) is 13.6. The molecule has 0 saturated carbocycles. The molecule has 142 valence electrons. The van der Waals surface area contributed by atoms with Crippen molar-refractivity contribution < 1.29 is 19.2 Å². The minimum absolute atomic E-state index is 0.0826. The highest BCUT2D eigenvalue weighted by atomic mass is 16.6. The monoisotopic (exact) mass is 370 g/mol. The minimum atomic E-state index is -0.627. The lowest BCUT2D eigenvalue weighted by atomic mass is 9.97. The maximum Gasteiger partial charge on any atom is 0.313 e. The molecule has 0 aliphatic heterocycles. The fourth-order valence-electron chi connectivity index (χ4n) is 2.70. The molecule has 0 aliphatic rings. The summed E-state index contributed by atoms with van der Waals surface area (Å²) in [6.07, 6.45) is 0.535. The number of nitro groups is 1. The fourth-order valence-corrected chi connectivity index (χ4v) is 2.70. The third kappa shape index (κ3) is 5.13. The van der Waals surface area contributed by atoms with Gasteiger partial charge in [0.1, 0.15) is 5.69 Å². The third-order valence-corrected chi connectivity index (χ3v) is 4.32. The first kappa shape index (κ1) is 20.1. The summed E-state index contributed by atoms with van der Waals surface area (Å²) in [4.78, 5) is 35.0. The van der Waals surface area contributed by atoms with Gasteiger partial charge in [0, 0.05) is 6.07 Å². The number of esters is 1. The van der Waals surface area contributed by atoms with E-state index in [-0.39, 0.29) is 11.4 Å². The van der Waals surface area contributed by atoms with Crippen molar-refractivity contribution in [2.45, 2.75) is 33.1 Å². The molecule has 2 aromatic rings. The number of nitrogens with zero attached hydrogens (tertiary/aromatic N) is 1. The van der Waals surface area contributed by atoms with Crippen LogP contribution in [0.15, 0.2) is 42.5 Å². The van der Waals surface area contributed by atoms with Crippen LogP contribution in [0.1, 0.15) is 36.0 Å². The molecule has 0 heterocycles. The number of anilines is 1. The van der Waals surface area contributed by atoms with E-state index in [1.807, 2.05) is 37.3 Å². The lowest BCUT2D eigenvalue weighted by Crippen LogP contribution is -2.24. The molecule has 1 amide bonds. The van der Waals surface area contributed by atoms with Crippen LogP contribution < -0.4 is 5.32 Å². The smallest absolute Gasteiger partial charge is 0.313 e. The molecule has 7 heteroatoms. The van der Waals surface area contributed by atoms with Crippen LogP contribution in [0, 0.1) is 24.0 Å². The summed E-state index contributed by atoms with van der Waals surface area (Å²) in [6.45, 7) is 4.90. The van der Waals surface area contributed by atoms with Gasteiger partial charge >= 0.3 is 5.97 Å². The first-order chi connectivity index (χ1) is 12.8. The van der Waals surface area contributed by atoms with Gasteiger partial charge in [0.15, 0.2) is 6.61 Å². The molecule has 1 atom stereocenters. The highest BCUT2D eigenvalue weighted by Crippen LogP contribution is 2.28. The Balaban J connectivity index is 2.03. The van der Waals surface area contributed by atoms with Gasteiger partial charge in [0.2, 0.25) is 0 Å². The summed E-state index contributed by atoms with van der Waals surface area (Å²) in [5.41, 5.74) is 2.26. The number of amides is 1. The highest BCUT2D eigenvalue weighted by molar-refractivity contribution is 5.95. The van der Waals surface area contributed by atoms with Gasteiger partial charge in [-0.25, -0.2) is 0 Å². The van der Waals surface area contributed by atoms with Crippen molar-refractivity contribution in [3.05, 3.63) is 69.3 Å². The lowest BCUT2D eigenvalue weighted by molar-refractivity contribution is -0.384. The zero-order valence-electron chi connectivity index (χ0n) is 15.5. The molecule has 0 saturated heterocycles.